The van der Waals surface area contributed by atoms with E-state index in [1.54, 1.807) is 17.6 Å². The molecular formula is C31H32N2O4S. The number of ether oxygens (including phenoxy) is 2. The summed E-state index contributed by atoms with van der Waals surface area (Å²) >= 11 is 1.30. The largest absolute Gasteiger partial charge is 0.494 e. The van der Waals surface area contributed by atoms with Crippen LogP contribution in [0.1, 0.15) is 50.3 Å². The number of thiazole rings is 1. The summed E-state index contributed by atoms with van der Waals surface area (Å²) in [4.78, 5) is 31.9. The number of allylic oxidation sites excluding steroid dienone is 2. The van der Waals surface area contributed by atoms with E-state index in [9.17, 15) is 9.59 Å². The highest BCUT2D eigenvalue weighted by Crippen LogP contribution is 2.31. The van der Waals surface area contributed by atoms with Crippen molar-refractivity contribution in [2.24, 2.45) is 4.99 Å². The summed E-state index contributed by atoms with van der Waals surface area (Å²) in [5, 5.41) is 0. The number of fused-ring (bicyclic) bond motifs is 1. The Hall–Kier alpha value is -3.97. The van der Waals surface area contributed by atoms with Gasteiger partial charge in [0.25, 0.3) is 5.56 Å². The molecule has 4 rings (SSSR count). The number of esters is 1. The molecule has 1 unspecified atom stereocenters. The number of rotatable bonds is 11. The van der Waals surface area contributed by atoms with Gasteiger partial charge in [-0.15, -0.1) is 0 Å². The highest BCUT2D eigenvalue weighted by Gasteiger charge is 2.33. The molecule has 0 spiro atoms. The Kier molecular flexibility index (Phi) is 9.27. The van der Waals surface area contributed by atoms with Gasteiger partial charge in [0.2, 0.25) is 0 Å². The molecule has 38 heavy (non-hydrogen) atoms. The third-order valence-corrected chi connectivity index (χ3v) is 7.12. The fourth-order valence-electron chi connectivity index (χ4n) is 4.22. The molecule has 0 fully saturated rings. The van der Waals surface area contributed by atoms with Crippen LogP contribution in [0, 0.1) is 0 Å². The number of hydrogen-bond donors (Lipinski definition) is 0. The minimum absolute atomic E-state index is 0.0710. The van der Waals surface area contributed by atoms with E-state index in [0.717, 1.165) is 36.1 Å². The molecule has 196 valence electrons. The first-order chi connectivity index (χ1) is 18.5. The number of benzene rings is 2. The zero-order valence-corrected chi connectivity index (χ0v) is 22.6. The number of nitrogens with zero attached hydrogens (tertiary/aromatic N) is 2. The standard InChI is InChI=1S/C31H32N2O4S/c1-4-6-10-21-36-25-18-16-24(17-19-25)28-27(30(35)37-20-5-2)22(3)32-31-33(28)29(34)26(38-31)15-11-14-23-12-8-7-9-13-23/h5,7-9,11-19,28H,2,4,6,10,20-21H2,1,3H3/b14-11+,26-15-. The molecule has 0 saturated carbocycles. The second-order valence-corrected chi connectivity index (χ2v) is 9.89. The fourth-order valence-corrected chi connectivity index (χ4v) is 5.22. The Morgan fingerprint density at radius 3 is 2.61 bits per heavy atom. The number of unbranched alkanes of at least 4 members (excludes halogenated alkanes) is 2. The second kappa shape index (κ2) is 13.0. The molecule has 1 atom stereocenters. The number of carbonyl (C=O) groups excluding carboxylic acids is 1. The Morgan fingerprint density at radius 1 is 1.13 bits per heavy atom. The van der Waals surface area contributed by atoms with E-state index in [4.69, 9.17) is 9.47 Å². The summed E-state index contributed by atoms with van der Waals surface area (Å²) < 4.78 is 13.4. The van der Waals surface area contributed by atoms with Crippen LogP contribution in [0.5, 0.6) is 5.75 Å². The smallest absolute Gasteiger partial charge is 0.338 e. The van der Waals surface area contributed by atoms with Crippen LogP contribution in [0.3, 0.4) is 0 Å². The van der Waals surface area contributed by atoms with E-state index in [2.05, 4.69) is 18.5 Å². The summed E-state index contributed by atoms with van der Waals surface area (Å²) in [5.74, 6) is 0.231. The molecule has 0 amide bonds. The average molecular weight is 529 g/mol. The molecule has 2 heterocycles. The van der Waals surface area contributed by atoms with Crippen LogP contribution < -0.4 is 19.6 Å². The minimum Gasteiger partial charge on any atom is -0.494 e. The van der Waals surface area contributed by atoms with Gasteiger partial charge in [-0.1, -0.05) is 98.4 Å². The number of hydrogen-bond acceptors (Lipinski definition) is 6. The van der Waals surface area contributed by atoms with Crippen LogP contribution in [0.4, 0.5) is 0 Å². The quantitative estimate of drug-likeness (QED) is 0.195. The van der Waals surface area contributed by atoms with E-state index >= 15 is 0 Å². The third kappa shape index (κ3) is 6.29. The monoisotopic (exact) mass is 528 g/mol. The van der Waals surface area contributed by atoms with Gasteiger partial charge in [-0.25, -0.2) is 9.79 Å². The first-order valence-electron chi connectivity index (χ1n) is 12.8. The van der Waals surface area contributed by atoms with Crippen molar-refractivity contribution in [1.29, 1.82) is 0 Å². The highest BCUT2D eigenvalue weighted by molar-refractivity contribution is 7.07. The van der Waals surface area contributed by atoms with Crippen LogP contribution in [0.2, 0.25) is 0 Å². The summed E-state index contributed by atoms with van der Waals surface area (Å²) in [5.41, 5.74) is 2.46. The predicted molar refractivity (Wildman–Crippen MR) is 153 cm³/mol. The van der Waals surface area contributed by atoms with E-state index in [1.165, 1.54) is 17.4 Å². The van der Waals surface area contributed by atoms with E-state index in [-0.39, 0.29) is 12.2 Å². The fraction of sp³-hybridized carbons (Fsp3) is 0.258. The van der Waals surface area contributed by atoms with Gasteiger partial charge < -0.3 is 9.47 Å². The number of aromatic nitrogens is 1. The van der Waals surface area contributed by atoms with E-state index in [1.807, 2.05) is 66.7 Å². The maximum atomic E-state index is 13.6. The third-order valence-electron chi connectivity index (χ3n) is 6.12. The van der Waals surface area contributed by atoms with Crippen molar-refractivity contribution in [3.63, 3.8) is 0 Å². The first-order valence-corrected chi connectivity index (χ1v) is 13.6. The molecular weight excluding hydrogens is 496 g/mol. The molecule has 6 nitrogen and oxygen atoms in total. The van der Waals surface area contributed by atoms with Crippen molar-refractivity contribution in [2.45, 2.75) is 39.2 Å². The summed E-state index contributed by atoms with van der Waals surface area (Å²) in [7, 11) is 0. The second-order valence-electron chi connectivity index (χ2n) is 8.89. The van der Waals surface area contributed by atoms with Crippen LogP contribution in [0.15, 0.2) is 94.4 Å². The maximum Gasteiger partial charge on any atom is 0.338 e. The molecule has 7 heteroatoms. The lowest BCUT2D eigenvalue weighted by Crippen LogP contribution is -2.39. The zero-order valence-electron chi connectivity index (χ0n) is 21.8. The molecule has 1 aromatic heterocycles. The Labute approximate surface area is 226 Å². The Bertz CT molecular complexity index is 1510. The molecule has 2 aromatic carbocycles. The van der Waals surface area contributed by atoms with Crippen molar-refractivity contribution in [3.8, 4) is 5.75 Å². The normalized spacial score (nSPS) is 15.3. The van der Waals surface area contributed by atoms with Crippen molar-refractivity contribution in [1.82, 2.24) is 4.57 Å². The van der Waals surface area contributed by atoms with Gasteiger partial charge in [0, 0.05) is 0 Å². The lowest BCUT2D eigenvalue weighted by Gasteiger charge is -2.24. The number of carbonyl (C=O) groups is 1. The molecule has 3 aromatic rings. The summed E-state index contributed by atoms with van der Waals surface area (Å²) in [6.07, 6.45) is 10.3. The van der Waals surface area contributed by atoms with Crippen molar-refractivity contribution < 1.29 is 14.3 Å². The minimum atomic E-state index is -0.669. The molecule has 1 aliphatic rings. The van der Waals surface area contributed by atoms with Crippen molar-refractivity contribution in [3.05, 3.63) is 115 Å². The van der Waals surface area contributed by atoms with E-state index in [0.29, 0.717) is 27.2 Å². The zero-order chi connectivity index (χ0) is 26.9. The summed E-state index contributed by atoms with van der Waals surface area (Å²) in [6, 6.07) is 16.7. The van der Waals surface area contributed by atoms with Gasteiger partial charge in [-0.3, -0.25) is 9.36 Å². The molecule has 0 bridgehead atoms. The maximum absolute atomic E-state index is 13.6. The van der Waals surface area contributed by atoms with Crippen LogP contribution >= 0.6 is 11.3 Å². The van der Waals surface area contributed by atoms with Crippen molar-refractivity contribution >= 4 is 29.5 Å². The Morgan fingerprint density at radius 2 is 1.89 bits per heavy atom. The summed E-state index contributed by atoms with van der Waals surface area (Å²) in [6.45, 7) is 8.28. The van der Waals surface area contributed by atoms with Gasteiger partial charge in [0.1, 0.15) is 12.4 Å². The SMILES string of the molecule is C=CCOC(=O)C1=C(C)N=c2s/c(=C\C=C\c3ccccc3)c(=O)n2C1c1ccc(OCCCCC)cc1. The van der Waals surface area contributed by atoms with Gasteiger partial charge in [-0.05, 0) is 42.7 Å². The molecule has 0 saturated heterocycles. The lowest BCUT2D eigenvalue weighted by molar-refractivity contribution is -0.138. The van der Waals surface area contributed by atoms with Gasteiger partial charge in [-0.2, -0.15) is 0 Å². The molecule has 0 N–H and O–H groups in total. The molecule has 1 aliphatic heterocycles. The van der Waals surface area contributed by atoms with E-state index < -0.39 is 12.0 Å². The van der Waals surface area contributed by atoms with Gasteiger partial charge in [0.15, 0.2) is 4.80 Å². The Balaban J connectivity index is 1.74. The average Bonchev–Trinajstić information content (AvgIpc) is 3.24. The van der Waals surface area contributed by atoms with Crippen LogP contribution in [0.25, 0.3) is 12.2 Å². The lowest BCUT2D eigenvalue weighted by atomic mass is 9.96. The molecule has 0 aliphatic carbocycles. The molecule has 0 radical (unpaired) electrons. The predicted octanol–water partition coefficient (Wildman–Crippen LogP) is 5.20. The van der Waals surface area contributed by atoms with Gasteiger partial charge >= 0.3 is 5.97 Å². The first kappa shape index (κ1) is 27.1. The van der Waals surface area contributed by atoms with Crippen LogP contribution in [-0.2, 0) is 9.53 Å². The topological polar surface area (TPSA) is 69.9 Å². The van der Waals surface area contributed by atoms with Crippen LogP contribution in [-0.4, -0.2) is 23.8 Å². The highest BCUT2D eigenvalue weighted by atomic mass is 32.1. The van der Waals surface area contributed by atoms with Gasteiger partial charge in [0.05, 0.1) is 28.5 Å². The van der Waals surface area contributed by atoms with Crippen molar-refractivity contribution in [2.75, 3.05) is 13.2 Å².